The number of carbonyl (C=O) groups is 2. The number of carbonyl (C=O) groups excluding carboxylic acids is 2. The lowest BCUT2D eigenvalue weighted by Gasteiger charge is -2.21. The molecule has 2 aromatic carbocycles. The number of halogens is 3. The number of hydrogen-bond acceptors (Lipinski definition) is 3. The van der Waals surface area contributed by atoms with Gasteiger partial charge in [0.25, 0.3) is 5.91 Å². The molecule has 0 spiro atoms. The number of benzene rings is 2. The molecular weight excluding hydrogens is 365 g/mol. The summed E-state index contributed by atoms with van der Waals surface area (Å²) < 4.78 is 39.3. The summed E-state index contributed by atoms with van der Waals surface area (Å²) in [6.45, 7) is -0.191. The number of rotatable bonds is 6. The fourth-order valence-corrected chi connectivity index (χ4v) is 3.17. The summed E-state index contributed by atoms with van der Waals surface area (Å²) in [5.41, 5.74) is 4.68. The highest BCUT2D eigenvalue weighted by Crippen LogP contribution is 2.32. The molecule has 0 saturated carbocycles. The number of thioether (sulfide) groups is 1. The molecule has 0 bridgehead atoms. The number of nitrogens with zero attached hydrogens (tertiary/aromatic N) is 1. The molecule has 0 radical (unpaired) electrons. The molecule has 2 aromatic rings. The Morgan fingerprint density at radius 2 is 1.69 bits per heavy atom. The second-order valence-corrected chi connectivity index (χ2v) is 6.58. The molecule has 0 atom stereocenters. The largest absolute Gasteiger partial charge is 0.416 e. The Kier molecular flexibility index (Phi) is 6.31. The van der Waals surface area contributed by atoms with Crippen LogP contribution in [0, 0.1) is 0 Å². The number of primary amides is 1. The van der Waals surface area contributed by atoms with Crippen LogP contribution in [0.5, 0.6) is 0 Å². The van der Waals surface area contributed by atoms with E-state index in [2.05, 4.69) is 0 Å². The van der Waals surface area contributed by atoms with Gasteiger partial charge in [-0.2, -0.15) is 13.2 Å². The standard InChI is InChI=1S/C18H17F3N2O2S/c1-23(10-12-6-2-4-8-14(12)18(19,20)21)17(25)13-7-3-5-9-15(13)26-11-16(22)24/h2-9H,10-11H2,1H3,(H2,22,24). The van der Waals surface area contributed by atoms with Gasteiger partial charge < -0.3 is 10.6 Å². The molecule has 0 saturated heterocycles. The molecule has 8 heteroatoms. The van der Waals surface area contributed by atoms with E-state index in [4.69, 9.17) is 5.73 Å². The number of nitrogens with two attached hydrogens (primary N) is 1. The molecule has 0 heterocycles. The van der Waals surface area contributed by atoms with Gasteiger partial charge in [-0.3, -0.25) is 9.59 Å². The smallest absolute Gasteiger partial charge is 0.369 e. The van der Waals surface area contributed by atoms with Crippen molar-refractivity contribution in [2.75, 3.05) is 12.8 Å². The Labute approximate surface area is 153 Å². The minimum atomic E-state index is -4.49. The van der Waals surface area contributed by atoms with E-state index in [1.807, 2.05) is 0 Å². The van der Waals surface area contributed by atoms with Crippen molar-refractivity contribution in [2.24, 2.45) is 5.73 Å². The molecule has 0 aliphatic heterocycles. The quantitative estimate of drug-likeness (QED) is 0.777. The zero-order valence-corrected chi connectivity index (χ0v) is 14.7. The Morgan fingerprint density at radius 1 is 1.08 bits per heavy atom. The molecule has 2 rings (SSSR count). The third kappa shape index (κ3) is 5.01. The van der Waals surface area contributed by atoms with Crippen molar-refractivity contribution in [3.8, 4) is 0 Å². The maximum atomic E-state index is 13.1. The molecule has 138 valence electrons. The van der Waals surface area contributed by atoms with E-state index in [9.17, 15) is 22.8 Å². The monoisotopic (exact) mass is 382 g/mol. The van der Waals surface area contributed by atoms with Crippen LogP contribution in [0.4, 0.5) is 13.2 Å². The van der Waals surface area contributed by atoms with Crippen molar-refractivity contribution in [1.29, 1.82) is 0 Å². The summed E-state index contributed by atoms with van der Waals surface area (Å²) in [7, 11) is 1.44. The van der Waals surface area contributed by atoms with Gasteiger partial charge in [0.15, 0.2) is 0 Å². The van der Waals surface area contributed by atoms with Crippen molar-refractivity contribution >= 4 is 23.6 Å². The number of hydrogen-bond donors (Lipinski definition) is 1. The van der Waals surface area contributed by atoms with Crippen molar-refractivity contribution in [2.45, 2.75) is 17.6 Å². The van der Waals surface area contributed by atoms with E-state index >= 15 is 0 Å². The van der Waals surface area contributed by atoms with Gasteiger partial charge in [0.2, 0.25) is 5.91 Å². The molecule has 0 aliphatic carbocycles. The van der Waals surface area contributed by atoms with Gasteiger partial charge in [0.05, 0.1) is 16.9 Å². The first-order valence-electron chi connectivity index (χ1n) is 7.61. The Balaban J connectivity index is 2.23. The average molecular weight is 382 g/mol. The van der Waals surface area contributed by atoms with Gasteiger partial charge in [0, 0.05) is 18.5 Å². The average Bonchev–Trinajstić information content (AvgIpc) is 2.59. The summed E-state index contributed by atoms with van der Waals surface area (Å²) in [4.78, 5) is 25.4. The number of alkyl halides is 3. The van der Waals surface area contributed by atoms with Crippen LogP contribution in [0.15, 0.2) is 53.4 Å². The third-order valence-corrected chi connectivity index (χ3v) is 4.66. The first kappa shape index (κ1) is 19.8. The van der Waals surface area contributed by atoms with Crippen LogP contribution >= 0.6 is 11.8 Å². The fourth-order valence-electron chi connectivity index (χ4n) is 2.39. The first-order valence-corrected chi connectivity index (χ1v) is 8.59. The molecule has 26 heavy (non-hydrogen) atoms. The third-order valence-electron chi connectivity index (χ3n) is 3.56. The van der Waals surface area contributed by atoms with Crippen LogP contribution in [0.2, 0.25) is 0 Å². The van der Waals surface area contributed by atoms with Gasteiger partial charge in [-0.1, -0.05) is 30.3 Å². The summed E-state index contributed by atoms with van der Waals surface area (Å²) in [6, 6.07) is 11.7. The van der Waals surface area contributed by atoms with Gasteiger partial charge in [-0.25, -0.2) is 0 Å². The van der Waals surface area contributed by atoms with Crippen LogP contribution in [-0.4, -0.2) is 29.5 Å². The van der Waals surface area contributed by atoms with Gasteiger partial charge >= 0.3 is 6.18 Å². The fraction of sp³-hybridized carbons (Fsp3) is 0.222. The Bertz CT molecular complexity index is 809. The summed E-state index contributed by atoms with van der Waals surface area (Å²) in [6.07, 6.45) is -4.49. The Hall–Kier alpha value is -2.48. The van der Waals surface area contributed by atoms with Crippen LogP contribution in [0.3, 0.4) is 0 Å². The zero-order valence-electron chi connectivity index (χ0n) is 13.9. The van der Waals surface area contributed by atoms with E-state index in [0.717, 1.165) is 17.8 Å². The highest BCUT2D eigenvalue weighted by atomic mass is 32.2. The van der Waals surface area contributed by atoms with E-state index in [0.29, 0.717) is 10.5 Å². The summed E-state index contributed by atoms with van der Waals surface area (Å²) in [5.74, 6) is -0.954. The maximum absolute atomic E-state index is 13.1. The predicted octanol–water partition coefficient (Wildman–Crippen LogP) is 3.56. The maximum Gasteiger partial charge on any atom is 0.416 e. The van der Waals surface area contributed by atoms with Gasteiger partial charge in [-0.05, 0) is 23.8 Å². The molecule has 0 fully saturated rings. The molecule has 0 unspecified atom stereocenters. The lowest BCUT2D eigenvalue weighted by molar-refractivity contribution is -0.138. The first-order chi connectivity index (χ1) is 12.2. The molecule has 0 aromatic heterocycles. The topological polar surface area (TPSA) is 63.4 Å². The Morgan fingerprint density at radius 3 is 2.35 bits per heavy atom. The van der Waals surface area contributed by atoms with Crippen LogP contribution in [0.1, 0.15) is 21.5 Å². The van der Waals surface area contributed by atoms with Crippen LogP contribution in [0.25, 0.3) is 0 Å². The highest BCUT2D eigenvalue weighted by molar-refractivity contribution is 8.00. The van der Waals surface area contributed by atoms with Crippen LogP contribution < -0.4 is 5.73 Å². The predicted molar refractivity (Wildman–Crippen MR) is 93.6 cm³/mol. The van der Waals surface area contributed by atoms with E-state index < -0.39 is 23.6 Å². The van der Waals surface area contributed by atoms with E-state index in [1.165, 1.54) is 30.1 Å². The lowest BCUT2D eigenvalue weighted by Crippen LogP contribution is -2.28. The summed E-state index contributed by atoms with van der Waals surface area (Å²) >= 11 is 1.11. The SMILES string of the molecule is CN(Cc1ccccc1C(F)(F)F)C(=O)c1ccccc1SCC(N)=O. The minimum absolute atomic E-state index is 0.00488. The molecular formula is C18H17F3N2O2S. The second kappa shape index (κ2) is 8.27. The van der Waals surface area contributed by atoms with Crippen molar-refractivity contribution in [1.82, 2.24) is 4.90 Å². The normalized spacial score (nSPS) is 11.2. The second-order valence-electron chi connectivity index (χ2n) is 5.57. The van der Waals surface area contributed by atoms with Crippen LogP contribution in [-0.2, 0) is 17.5 Å². The molecule has 2 N–H and O–H groups in total. The van der Waals surface area contributed by atoms with E-state index in [-0.39, 0.29) is 17.9 Å². The van der Waals surface area contributed by atoms with Gasteiger partial charge in [-0.15, -0.1) is 11.8 Å². The van der Waals surface area contributed by atoms with Gasteiger partial charge in [0.1, 0.15) is 0 Å². The van der Waals surface area contributed by atoms with E-state index in [1.54, 1.807) is 24.3 Å². The molecule has 0 aliphatic rings. The minimum Gasteiger partial charge on any atom is -0.369 e. The van der Waals surface area contributed by atoms with Crippen molar-refractivity contribution < 1.29 is 22.8 Å². The molecule has 2 amide bonds. The number of amides is 2. The lowest BCUT2D eigenvalue weighted by atomic mass is 10.1. The molecule has 4 nitrogen and oxygen atoms in total. The summed E-state index contributed by atoms with van der Waals surface area (Å²) in [5, 5.41) is 0. The highest BCUT2D eigenvalue weighted by Gasteiger charge is 2.33. The zero-order chi connectivity index (χ0) is 19.3. The van der Waals surface area contributed by atoms with Crippen molar-refractivity contribution in [3.05, 3.63) is 65.2 Å². The van der Waals surface area contributed by atoms with Crippen molar-refractivity contribution in [3.63, 3.8) is 0 Å².